The Bertz CT molecular complexity index is 1430. The minimum Gasteiger partial charge on any atom is -0.457 e. The number of aromatic nitrogens is 3. The van der Waals surface area contributed by atoms with Crippen LogP contribution in [-0.4, -0.2) is 50.7 Å². The molecular weight excluding hydrogens is 499 g/mol. The molecule has 0 amide bonds. The first-order valence-electron chi connectivity index (χ1n) is 12.0. The molecule has 3 heterocycles. The van der Waals surface area contributed by atoms with Crippen molar-refractivity contribution in [2.45, 2.75) is 44.4 Å². The zero-order chi connectivity index (χ0) is 25.9. The first-order valence-corrected chi connectivity index (χ1v) is 12.4. The lowest BCUT2D eigenvalue weighted by Gasteiger charge is -2.20. The van der Waals surface area contributed by atoms with Crippen LogP contribution >= 0.6 is 11.6 Å². The van der Waals surface area contributed by atoms with Gasteiger partial charge >= 0.3 is 0 Å². The van der Waals surface area contributed by atoms with Gasteiger partial charge in [-0.2, -0.15) is 0 Å². The van der Waals surface area contributed by atoms with Crippen molar-refractivity contribution in [1.82, 2.24) is 15.0 Å². The number of ketones is 1. The molecule has 0 radical (unpaired) electrons. The minimum atomic E-state index is -0.534. The van der Waals surface area contributed by atoms with Gasteiger partial charge in [-0.15, -0.1) is 0 Å². The third-order valence-corrected chi connectivity index (χ3v) is 6.68. The number of aliphatic hydroxyl groups is 1. The highest BCUT2D eigenvalue weighted by atomic mass is 35.5. The van der Waals surface area contributed by atoms with Crippen molar-refractivity contribution in [3.63, 3.8) is 0 Å². The van der Waals surface area contributed by atoms with Crippen molar-refractivity contribution in [2.24, 2.45) is 0 Å². The maximum absolute atomic E-state index is 13.5. The van der Waals surface area contributed by atoms with E-state index in [2.05, 4.69) is 20.3 Å². The first kappa shape index (κ1) is 25.1. The summed E-state index contributed by atoms with van der Waals surface area (Å²) in [7, 11) is 0. The van der Waals surface area contributed by atoms with Gasteiger partial charge in [-0.05, 0) is 50.5 Å². The summed E-state index contributed by atoms with van der Waals surface area (Å²) in [6.07, 6.45) is 4.79. The second kappa shape index (κ2) is 10.8. The van der Waals surface area contributed by atoms with Crippen LogP contribution in [-0.2, 0) is 4.74 Å². The number of H-pyrrole nitrogens is 1. The number of aromatic amines is 1. The molecule has 4 aromatic rings. The van der Waals surface area contributed by atoms with Crippen LogP contribution in [0.15, 0.2) is 55.0 Å². The number of ether oxygens (including phenoxy) is 2. The Kier molecular flexibility index (Phi) is 7.36. The van der Waals surface area contributed by atoms with Gasteiger partial charge in [0.05, 0.1) is 40.8 Å². The fourth-order valence-electron chi connectivity index (χ4n) is 4.47. The molecule has 3 N–H and O–H groups in total. The second-order valence-corrected chi connectivity index (χ2v) is 9.47. The van der Waals surface area contributed by atoms with Gasteiger partial charge in [0.25, 0.3) is 0 Å². The second-order valence-electron chi connectivity index (χ2n) is 9.06. The molecule has 8 nitrogen and oxygen atoms in total. The molecule has 2 aromatic heterocycles. The van der Waals surface area contributed by atoms with E-state index in [1.807, 2.05) is 0 Å². The maximum atomic E-state index is 13.5. The molecule has 0 unspecified atom stereocenters. The highest BCUT2D eigenvalue weighted by molar-refractivity contribution is 6.35. The smallest absolute Gasteiger partial charge is 0.196 e. The minimum absolute atomic E-state index is 0.0393. The van der Waals surface area contributed by atoms with Gasteiger partial charge < -0.3 is 24.9 Å². The Labute approximate surface area is 217 Å². The fraction of sp³-hybridized carbons (Fsp3) is 0.296. The number of carbonyl (C=O) groups excluding carboxylic acids is 1. The molecule has 1 aliphatic rings. The van der Waals surface area contributed by atoms with E-state index in [4.69, 9.17) is 21.1 Å². The van der Waals surface area contributed by atoms with Crippen molar-refractivity contribution < 1.29 is 23.8 Å². The summed E-state index contributed by atoms with van der Waals surface area (Å²) in [6.45, 7) is 2.14. The lowest BCUT2D eigenvalue weighted by atomic mass is 10.0. The number of benzene rings is 2. The highest BCUT2D eigenvalue weighted by Crippen LogP contribution is 2.32. The Morgan fingerprint density at radius 2 is 2.05 bits per heavy atom. The molecule has 0 aliphatic carbocycles. The average Bonchev–Trinajstić information content (AvgIpc) is 3.17. The molecule has 5 rings (SSSR count). The van der Waals surface area contributed by atoms with Crippen molar-refractivity contribution in [2.75, 3.05) is 11.9 Å². The summed E-state index contributed by atoms with van der Waals surface area (Å²) < 4.78 is 25.0. The van der Waals surface area contributed by atoms with E-state index in [9.17, 15) is 14.3 Å². The van der Waals surface area contributed by atoms with Gasteiger partial charge in [0.1, 0.15) is 35.1 Å². The summed E-state index contributed by atoms with van der Waals surface area (Å²) >= 11 is 6.47. The molecular formula is C27H26ClFN4O4. The van der Waals surface area contributed by atoms with Crippen molar-refractivity contribution in [3.8, 4) is 11.5 Å². The normalized spacial score (nSPS) is 18.8. The summed E-state index contributed by atoms with van der Waals surface area (Å²) in [5, 5.41) is 14.0. The predicted octanol–water partition coefficient (Wildman–Crippen LogP) is 5.50. The summed E-state index contributed by atoms with van der Waals surface area (Å²) in [4.78, 5) is 25.3. The molecule has 10 heteroatoms. The van der Waals surface area contributed by atoms with Crippen molar-refractivity contribution in [1.29, 1.82) is 0 Å². The molecule has 3 atom stereocenters. The number of nitrogens with zero attached hydrogens (tertiary/aromatic N) is 2. The summed E-state index contributed by atoms with van der Waals surface area (Å²) in [5.41, 5.74) is 1.16. The first-order chi connectivity index (χ1) is 17.9. The molecule has 2 aromatic carbocycles. The van der Waals surface area contributed by atoms with Crippen LogP contribution in [0.3, 0.4) is 0 Å². The maximum Gasteiger partial charge on any atom is 0.196 e. The number of halogens is 2. The fourth-order valence-corrected chi connectivity index (χ4v) is 4.72. The number of anilines is 1. The zero-order valence-corrected chi connectivity index (χ0v) is 20.8. The van der Waals surface area contributed by atoms with Gasteiger partial charge in [-0.3, -0.25) is 4.79 Å². The van der Waals surface area contributed by atoms with Crippen LogP contribution in [0.2, 0.25) is 5.02 Å². The Hall–Kier alpha value is -3.53. The van der Waals surface area contributed by atoms with Gasteiger partial charge in [0, 0.05) is 23.9 Å². The van der Waals surface area contributed by atoms with Crippen LogP contribution in [0, 0.1) is 5.82 Å². The number of rotatable bonds is 7. The number of hydrogen-bond donors (Lipinski definition) is 3. The zero-order valence-electron chi connectivity index (χ0n) is 20.1. The molecule has 192 valence electrons. The number of fused-ring (bicyclic) bond motifs is 1. The van der Waals surface area contributed by atoms with E-state index in [1.54, 1.807) is 37.4 Å². The largest absolute Gasteiger partial charge is 0.457 e. The van der Waals surface area contributed by atoms with Crippen LogP contribution in [0.5, 0.6) is 11.5 Å². The molecule has 0 spiro atoms. The van der Waals surface area contributed by atoms with E-state index in [-0.39, 0.29) is 28.5 Å². The van der Waals surface area contributed by atoms with E-state index in [0.717, 1.165) is 19.3 Å². The highest BCUT2D eigenvalue weighted by Gasteiger charge is 2.25. The monoisotopic (exact) mass is 524 g/mol. The number of nitrogens with one attached hydrogen (secondary N) is 2. The van der Waals surface area contributed by atoms with E-state index < -0.39 is 11.9 Å². The number of aliphatic hydroxyl groups excluding tert-OH is 1. The van der Waals surface area contributed by atoms with Crippen LogP contribution in [0.1, 0.15) is 42.1 Å². The van der Waals surface area contributed by atoms with E-state index in [0.29, 0.717) is 40.5 Å². The molecule has 1 saturated heterocycles. The van der Waals surface area contributed by atoms with Crippen molar-refractivity contribution >= 4 is 34.2 Å². The van der Waals surface area contributed by atoms with Gasteiger partial charge in [-0.25, -0.2) is 14.4 Å². The third kappa shape index (κ3) is 5.58. The third-order valence-electron chi connectivity index (χ3n) is 6.36. The molecule has 1 aliphatic heterocycles. The molecule has 37 heavy (non-hydrogen) atoms. The van der Waals surface area contributed by atoms with Gasteiger partial charge in [0.2, 0.25) is 0 Å². The topological polar surface area (TPSA) is 109 Å². The molecule has 0 saturated carbocycles. The number of hydrogen-bond acceptors (Lipinski definition) is 7. The standard InChI is InChI=1S/C27H26ClFN4O4/c1-15(34)23-7-3-5-17(13-36-23)33-27-24-21(12-30-26(24)31-14-32-27)25(35)20-9-8-19(11-22(20)28)37-18-6-2-4-16(29)10-18/h2,4,6,8-12,14-15,17,23,34H,3,5,7,13H2,1H3,(H2,30,31,32,33)/t15-,17-,23+/m1/s1. The molecule has 0 bridgehead atoms. The van der Waals surface area contributed by atoms with E-state index in [1.165, 1.54) is 24.5 Å². The summed E-state index contributed by atoms with van der Waals surface area (Å²) in [5.74, 6) is 0.487. The van der Waals surface area contributed by atoms with E-state index >= 15 is 0 Å². The van der Waals surface area contributed by atoms with Crippen LogP contribution in [0.25, 0.3) is 11.0 Å². The lowest BCUT2D eigenvalue weighted by molar-refractivity contribution is -0.0276. The Balaban J connectivity index is 1.39. The Morgan fingerprint density at radius 1 is 1.22 bits per heavy atom. The SMILES string of the molecule is C[C@@H](O)[C@@H]1CCC[C@@H](Nc2ncnc3[nH]cc(C(=O)c4ccc(Oc5cccc(F)c5)cc4Cl)c23)CO1. The van der Waals surface area contributed by atoms with Gasteiger partial charge in [-0.1, -0.05) is 17.7 Å². The lowest BCUT2D eigenvalue weighted by Crippen LogP contribution is -2.29. The van der Waals surface area contributed by atoms with Crippen molar-refractivity contribution in [3.05, 3.63) is 77.0 Å². The average molecular weight is 525 g/mol. The van der Waals surface area contributed by atoms with Crippen LogP contribution < -0.4 is 10.1 Å². The molecule has 1 fully saturated rings. The summed E-state index contributed by atoms with van der Waals surface area (Å²) in [6, 6.07) is 10.4. The quantitative estimate of drug-likeness (QED) is 0.274. The Morgan fingerprint density at radius 3 is 2.84 bits per heavy atom. The predicted molar refractivity (Wildman–Crippen MR) is 138 cm³/mol. The van der Waals surface area contributed by atoms with Gasteiger partial charge in [0.15, 0.2) is 5.78 Å². The van der Waals surface area contributed by atoms with Crippen LogP contribution in [0.4, 0.5) is 10.2 Å². The number of carbonyl (C=O) groups is 1.